The fourth-order valence-electron chi connectivity index (χ4n) is 4.40. The number of carbonyl (C=O) groups excluding carboxylic acids is 2. The van der Waals surface area contributed by atoms with Crippen LogP contribution in [0.1, 0.15) is 52.9 Å². The van der Waals surface area contributed by atoms with Crippen molar-refractivity contribution in [2.75, 3.05) is 19.8 Å². The lowest BCUT2D eigenvalue weighted by molar-refractivity contribution is -0.137. The van der Waals surface area contributed by atoms with Crippen LogP contribution in [0.25, 0.3) is 0 Å². The lowest BCUT2D eigenvalue weighted by atomic mass is 9.75. The molecule has 2 heterocycles. The Morgan fingerprint density at radius 2 is 1.74 bits per heavy atom. The number of carbonyl (C=O) groups is 2. The quantitative estimate of drug-likeness (QED) is 0.806. The first-order valence-electron chi connectivity index (χ1n) is 8.92. The predicted molar refractivity (Wildman–Crippen MR) is 86.8 cm³/mol. The maximum Gasteiger partial charge on any atom is 0.326 e. The zero-order valence-electron chi connectivity index (χ0n) is 14.5. The minimum atomic E-state index is -0.721. The van der Waals surface area contributed by atoms with E-state index in [1.54, 1.807) is 0 Å². The Labute approximate surface area is 138 Å². The molecule has 6 heteroatoms. The van der Waals surface area contributed by atoms with E-state index < -0.39 is 5.54 Å². The van der Waals surface area contributed by atoms with Crippen LogP contribution in [0.4, 0.5) is 4.79 Å². The standard InChI is InChI=1S/C17H29N3O3/c1-12-9-19(10-13(2)23-12)11-20-15(21)17(3,18-16(20)22)14-7-5-4-6-8-14/h12-14H,4-11H2,1-3H3,(H,18,22)/t12-,13-,17+/m1/s1. The molecule has 1 N–H and O–H groups in total. The van der Waals surface area contributed by atoms with Crippen LogP contribution in [-0.4, -0.2) is 59.2 Å². The maximum absolute atomic E-state index is 13.0. The Hall–Kier alpha value is -1.14. The fourth-order valence-corrected chi connectivity index (χ4v) is 4.40. The van der Waals surface area contributed by atoms with Gasteiger partial charge in [0, 0.05) is 13.1 Å². The highest BCUT2D eigenvalue weighted by Crippen LogP contribution is 2.36. The summed E-state index contributed by atoms with van der Waals surface area (Å²) >= 11 is 0. The molecule has 0 aromatic heterocycles. The summed E-state index contributed by atoms with van der Waals surface area (Å²) in [6.07, 6.45) is 5.86. The van der Waals surface area contributed by atoms with Gasteiger partial charge >= 0.3 is 6.03 Å². The van der Waals surface area contributed by atoms with Gasteiger partial charge in [0.15, 0.2) is 0 Å². The van der Waals surface area contributed by atoms with Crippen LogP contribution >= 0.6 is 0 Å². The number of hydrogen-bond donors (Lipinski definition) is 1. The Kier molecular flexibility index (Phi) is 4.65. The zero-order valence-corrected chi connectivity index (χ0v) is 14.5. The highest BCUT2D eigenvalue weighted by molar-refractivity contribution is 6.07. The molecule has 0 aromatic rings. The molecule has 23 heavy (non-hydrogen) atoms. The van der Waals surface area contributed by atoms with Crippen LogP contribution in [0.3, 0.4) is 0 Å². The van der Waals surface area contributed by atoms with Gasteiger partial charge in [-0.2, -0.15) is 0 Å². The number of urea groups is 1. The van der Waals surface area contributed by atoms with E-state index in [2.05, 4.69) is 10.2 Å². The molecule has 0 aromatic carbocycles. The second-order valence-electron chi connectivity index (χ2n) is 7.64. The molecular formula is C17H29N3O3. The molecule has 1 saturated carbocycles. The summed E-state index contributed by atoms with van der Waals surface area (Å²) in [5.74, 6) is 0.210. The molecule has 3 aliphatic rings. The maximum atomic E-state index is 13.0. The first-order chi connectivity index (χ1) is 10.9. The van der Waals surface area contributed by atoms with Crippen LogP contribution < -0.4 is 5.32 Å². The van der Waals surface area contributed by atoms with E-state index >= 15 is 0 Å². The number of ether oxygens (including phenoxy) is 1. The second kappa shape index (κ2) is 6.40. The Balaban J connectivity index is 1.68. The van der Waals surface area contributed by atoms with Crippen molar-refractivity contribution < 1.29 is 14.3 Å². The van der Waals surface area contributed by atoms with E-state index in [1.807, 2.05) is 20.8 Å². The topological polar surface area (TPSA) is 61.9 Å². The number of nitrogens with zero attached hydrogens (tertiary/aromatic N) is 2. The largest absolute Gasteiger partial charge is 0.373 e. The predicted octanol–water partition coefficient (Wildman–Crippen LogP) is 1.94. The molecule has 6 nitrogen and oxygen atoms in total. The number of imide groups is 1. The van der Waals surface area contributed by atoms with E-state index in [-0.39, 0.29) is 30.1 Å². The summed E-state index contributed by atoms with van der Waals surface area (Å²) in [7, 11) is 0. The Bertz CT molecular complexity index is 468. The third-order valence-electron chi connectivity index (χ3n) is 5.56. The number of morpholine rings is 1. The highest BCUT2D eigenvalue weighted by atomic mass is 16.5. The Morgan fingerprint density at radius 3 is 2.35 bits per heavy atom. The third-order valence-corrected chi connectivity index (χ3v) is 5.56. The smallest absolute Gasteiger partial charge is 0.326 e. The summed E-state index contributed by atoms with van der Waals surface area (Å²) in [6.45, 7) is 7.84. The average molecular weight is 323 g/mol. The molecule has 130 valence electrons. The van der Waals surface area contributed by atoms with Crippen molar-refractivity contribution in [2.24, 2.45) is 5.92 Å². The molecule has 2 aliphatic heterocycles. The van der Waals surface area contributed by atoms with Crippen molar-refractivity contribution in [1.29, 1.82) is 0 Å². The second-order valence-corrected chi connectivity index (χ2v) is 7.64. The van der Waals surface area contributed by atoms with E-state index in [4.69, 9.17) is 4.74 Å². The normalized spacial score (nSPS) is 37.3. The molecule has 0 bridgehead atoms. The third kappa shape index (κ3) is 3.24. The molecule has 1 aliphatic carbocycles. The van der Waals surface area contributed by atoms with E-state index in [0.717, 1.165) is 38.8 Å². The minimum absolute atomic E-state index is 0.0544. The van der Waals surface area contributed by atoms with Gasteiger partial charge in [0.05, 0.1) is 18.9 Å². The van der Waals surface area contributed by atoms with Gasteiger partial charge in [-0.05, 0) is 39.5 Å². The molecule has 2 saturated heterocycles. The molecule has 0 radical (unpaired) electrons. The SMILES string of the molecule is C[C@@H]1CN(CN2C(=O)N[C@@](C)(C3CCCCC3)C2=O)C[C@@H](C)O1. The number of rotatable bonds is 3. The van der Waals surface area contributed by atoms with Crippen molar-refractivity contribution in [2.45, 2.75) is 70.6 Å². The molecule has 0 unspecified atom stereocenters. The van der Waals surface area contributed by atoms with Crippen LogP contribution in [0.2, 0.25) is 0 Å². The number of amides is 3. The molecule has 3 fully saturated rings. The molecule has 3 rings (SSSR count). The van der Waals surface area contributed by atoms with Gasteiger partial charge in [0.2, 0.25) is 0 Å². The van der Waals surface area contributed by atoms with E-state index in [9.17, 15) is 9.59 Å². The molecular weight excluding hydrogens is 294 g/mol. The average Bonchev–Trinajstić information content (AvgIpc) is 2.72. The monoisotopic (exact) mass is 323 g/mol. The lowest BCUT2D eigenvalue weighted by Crippen LogP contribution is -2.53. The molecule has 3 amide bonds. The zero-order chi connectivity index (χ0) is 16.6. The van der Waals surface area contributed by atoms with Crippen LogP contribution in [0, 0.1) is 5.92 Å². The van der Waals surface area contributed by atoms with Crippen molar-refractivity contribution in [1.82, 2.24) is 15.1 Å². The van der Waals surface area contributed by atoms with Gasteiger partial charge in [0.25, 0.3) is 5.91 Å². The van der Waals surface area contributed by atoms with Crippen LogP contribution in [0.15, 0.2) is 0 Å². The van der Waals surface area contributed by atoms with Crippen LogP contribution in [0.5, 0.6) is 0 Å². The van der Waals surface area contributed by atoms with Gasteiger partial charge in [-0.3, -0.25) is 9.69 Å². The minimum Gasteiger partial charge on any atom is -0.373 e. The van der Waals surface area contributed by atoms with E-state index in [1.165, 1.54) is 11.3 Å². The van der Waals surface area contributed by atoms with E-state index in [0.29, 0.717) is 6.67 Å². The molecule has 3 atom stereocenters. The Morgan fingerprint density at radius 1 is 1.13 bits per heavy atom. The van der Waals surface area contributed by atoms with Crippen molar-refractivity contribution in [3.05, 3.63) is 0 Å². The summed E-state index contributed by atoms with van der Waals surface area (Å²) in [4.78, 5) is 28.9. The molecule has 0 spiro atoms. The lowest BCUT2D eigenvalue weighted by Gasteiger charge is -2.37. The van der Waals surface area contributed by atoms with Crippen molar-refractivity contribution >= 4 is 11.9 Å². The van der Waals surface area contributed by atoms with Gasteiger partial charge in [0.1, 0.15) is 5.54 Å². The first kappa shape index (κ1) is 16.7. The fraction of sp³-hybridized carbons (Fsp3) is 0.882. The summed E-state index contributed by atoms with van der Waals surface area (Å²) in [6, 6.07) is -0.241. The highest BCUT2D eigenvalue weighted by Gasteiger charge is 2.52. The van der Waals surface area contributed by atoms with Gasteiger partial charge in [-0.15, -0.1) is 0 Å². The number of hydrogen-bond acceptors (Lipinski definition) is 4. The summed E-state index contributed by atoms with van der Waals surface area (Å²) in [5, 5.41) is 2.99. The summed E-state index contributed by atoms with van der Waals surface area (Å²) in [5.41, 5.74) is -0.721. The van der Waals surface area contributed by atoms with Gasteiger partial charge in [-0.1, -0.05) is 19.3 Å². The number of nitrogens with one attached hydrogen (secondary N) is 1. The van der Waals surface area contributed by atoms with Crippen molar-refractivity contribution in [3.63, 3.8) is 0 Å². The van der Waals surface area contributed by atoms with Crippen LogP contribution in [-0.2, 0) is 9.53 Å². The van der Waals surface area contributed by atoms with Crippen molar-refractivity contribution in [3.8, 4) is 0 Å². The first-order valence-corrected chi connectivity index (χ1v) is 8.92. The van der Waals surface area contributed by atoms with Gasteiger partial charge in [-0.25, -0.2) is 9.69 Å². The van der Waals surface area contributed by atoms with Gasteiger partial charge < -0.3 is 10.1 Å². The summed E-state index contributed by atoms with van der Waals surface area (Å²) < 4.78 is 5.72.